The van der Waals surface area contributed by atoms with Gasteiger partial charge in [-0.2, -0.15) is 5.10 Å². The fourth-order valence-corrected chi connectivity index (χ4v) is 4.85. The molecule has 34 heavy (non-hydrogen) atoms. The molecule has 2 aliphatic rings. The predicted molar refractivity (Wildman–Crippen MR) is 135 cm³/mol. The standard InChI is InChI=1S/C23H21Cl3N4O3.ClH/c1-23(2)19-20(22(31)28-29-7-9-32-10-8-29)27-30(17-6-4-13(24)11-16(17)26)21(19)15-5-3-14(25)12-18(15)33-23;/h3-6,11-12H,7-10H2,1-2H3,(H,28,31);1H. The lowest BCUT2D eigenvalue weighted by Crippen LogP contribution is -2.49. The number of carbonyl (C=O) groups excluding carboxylic acids is 1. The number of hydrazine groups is 1. The molecule has 0 aliphatic carbocycles. The van der Waals surface area contributed by atoms with E-state index in [4.69, 9.17) is 49.4 Å². The molecule has 0 unspecified atom stereocenters. The number of aromatic nitrogens is 2. The van der Waals surface area contributed by atoms with Gasteiger partial charge in [-0.3, -0.25) is 10.2 Å². The van der Waals surface area contributed by atoms with Crippen molar-refractivity contribution in [3.05, 3.63) is 62.7 Å². The van der Waals surface area contributed by atoms with Gasteiger partial charge in [0.25, 0.3) is 5.91 Å². The maximum absolute atomic E-state index is 13.4. The molecule has 3 aromatic rings. The molecule has 1 saturated heterocycles. The molecule has 0 radical (unpaired) electrons. The maximum atomic E-state index is 13.4. The number of morpholine rings is 1. The number of halogens is 4. The van der Waals surface area contributed by atoms with E-state index in [0.717, 1.165) is 5.56 Å². The van der Waals surface area contributed by atoms with Gasteiger partial charge < -0.3 is 9.47 Å². The van der Waals surface area contributed by atoms with Crippen molar-refractivity contribution >= 4 is 53.1 Å². The number of ether oxygens (including phenoxy) is 2. The average Bonchev–Trinajstić information content (AvgIpc) is 3.16. The number of amides is 1. The molecule has 5 rings (SSSR count). The molecule has 7 nitrogen and oxygen atoms in total. The van der Waals surface area contributed by atoms with Crippen LogP contribution in [0.25, 0.3) is 16.9 Å². The average molecular weight is 544 g/mol. The van der Waals surface area contributed by atoms with Gasteiger partial charge in [-0.05, 0) is 50.2 Å². The van der Waals surface area contributed by atoms with Crippen LogP contribution in [0.4, 0.5) is 0 Å². The second-order valence-corrected chi connectivity index (χ2v) is 9.65. The predicted octanol–water partition coefficient (Wildman–Crippen LogP) is 5.53. The van der Waals surface area contributed by atoms with Gasteiger partial charge in [-0.1, -0.05) is 34.8 Å². The summed E-state index contributed by atoms with van der Waals surface area (Å²) in [6.45, 7) is 6.09. The number of benzene rings is 2. The molecule has 1 fully saturated rings. The SMILES string of the molecule is CC1(C)Oc2cc(Cl)ccc2-c2c1c(C(=O)NN1CCOCC1)nn2-c1ccc(Cl)cc1Cl.Cl. The lowest BCUT2D eigenvalue weighted by atomic mass is 9.89. The van der Waals surface area contributed by atoms with Crippen LogP contribution in [0.2, 0.25) is 15.1 Å². The molecule has 180 valence electrons. The minimum Gasteiger partial charge on any atom is -0.482 e. The van der Waals surface area contributed by atoms with Crippen molar-refractivity contribution in [3.63, 3.8) is 0 Å². The summed E-state index contributed by atoms with van der Waals surface area (Å²) in [6, 6.07) is 10.6. The van der Waals surface area contributed by atoms with Gasteiger partial charge >= 0.3 is 0 Å². The van der Waals surface area contributed by atoms with Crippen molar-refractivity contribution in [1.29, 1.82) is 0 Å². The van der Waals surface area contributed by atoms with Gasteiger partial charge in [0.1, 0.15) is 11.4 Å². The highest BCUT2D eigenvalue weighted by molar-refractivity contribution is 6.35. The zero-order valence-electron chi connectivity index (χ0n) is 18.4. The smallest absolute Gasteiger partial charge is 0.286 e. The molecule has 3 heterocycles. The summed E-state index contributed by atoms with van der Waals surface area (Å²) in [7, 11) is 0. The Hall–Kier alpha value is -2.00. The first-order valence-corrected chi connectivity index (χ1v) is 11.6. The van der Waals surface area contributed by atoms with Crippen LogP contribution in [0, 0.1) is 0 Å². The number of carbonyl (C=O) groups is 1. The second kappa shape index (κ2) is 9.57. The molecule has 2 aliphatic heterocycles. The van der Waals surface area contributed by atoms with E-state index in [1.54, 1.807) is 35.0 Å². The summed E-state index contributed by atoms with van der Waals surface area (Å²) < 4.78 is 13.4. The Labute approximate surface area is 218 Å². The molecule has 11 heteroatoms. The fraction of sp³-hybridized carbons (Fsp3) is 0.304. The van der Waals surface area contributed by atoms with Crippen molar-refractivity contribution < 1.29 is 14.3 Å². The van der Waals surface area contributed by atoms with Gasteiger partial charge in [0.15, 0.2) is 5.69 Å². The molecule has 1 N–H and O–H groups in total. The van der Waals surface area contributed by atoms with E-state index in [1.165, 1.54) is 0 Å². The van der Waals surface area contributed by atoms with Crippen LogP contribution in [-0.2, 0) is 10.3 Å². The summed E-state index contributed by atoms with van der Waals surface area (Å²) in [5.74, 6) is 0.275. The van der Waals surface area contributed by atoms with Crippen LogP contribution in [0.15, 0.2) is 36.4 Å². The van der Waals surface area contributed by atoms with Crippen LogP contribution in [0.3, 0.4) is 0 Å². The lowest BCUT2D eigenvalue weighted by Gasteiger charge is -2.34. The van der Waals surface area contributed by atoms with E-state index in [0.29, 0.717) is 64.1 Å². The fourth-order valence-electron chi connectivity index (χ4n) is 4.20. The van der Waals surface area contributed by atoms with Gasteiger partial charge in [0.05, 0.1) is 35.2 Å². The molecule has 1 amide bonds. The number of rotatable bonds is 3. The van der Waals surface area contributed by atoms with Crippen LogP contribution >= 0.6 is 47.2 Å². The highest BCUT2D eigenvalue weighted by Crippen LogP contribution is 2.48. The van der Waals surface area contributed by atoms with Gasteiger partial charge in [-0.15, -0.1) is 12.4 Å². The Morgan fingerprint density at radius 1 is 1.06 bits per heavy atom. The number of fused-ring (bicyclic) bond motifs is 3. The molecule has 0 spiro atoms. The molecular formula is C23H22Cl4N4O3. The molecular weight excluding hydrogens is 522 g/mol. The van der Waals surface area contributed by atoms with Crippen LogP contribution < -0.4 is 10.2 Å². The van der Waals surface area contributed by atoms with E-state index in [2.05, 4.69) is 5.43 Å². The van der Waals surface area contributed by atoms with Crippen molar-refractivity contribution in [3.8, 4) is 22.7 Å². The van der Waals surface area contributed by atoms with Crippen molar-refractivity contribution in [1.82, 2.24) is 20.2 Å². The Morgan fingerprint density at radius 2 is 1.74 bits per heavy atom. The summed E-state index contributed by atoms with van der Waals surface area (Å²) in [5.41, 5.74) is 5.09. The molecule has 0 saturated carbocycles. The highest BCUT2D eigenvalue weighted by atomic mass is 35.5. The third-order valence-electron chi connectivity index (χ3n) is 5.68. The number of nitrogens with zero attached hydrogens (tertiary/aromatic N) is 3. The van der Waals surface area contributed by atoms with Gasteiger partial charge in [0.2, 0.25) is 0 Å². The Morgan fingerprint density at radius 3 is 2.44 bits per heavy atom. The minimum atomic E-state index is -0.859. The number of hydrogen-bond donors (Lipinski definition) is 1. The number of hydrogen-bond acceptors (Lipinski definition) is 5. The third kappa shape index (κ3) is 4.49. The Kier molecular flexibility index (Phi) is 7.06. The maximum Gasteiger partial charge on any atom is 0.286 e. The second-order valence-electron chi connectivity index (χ2n) is 8.37. The van der Waals surface area contributed by atoms with E-state index in [-0.39, 0.29) is 24.0 Å². The highest BCUT2D eigenvalue weighted by Gasteiger charge is 2.41. The number of nitrogens with one attached hydrogen (secondary N) is 1. The minimum absolute atomic E-state index is 0. The summed E-state index contributed by atoms with van der Waals surface area (Å²) >= 11 is 18.9. The zero-order valence-corrected chi connectivity index (χ0v) is 21.5. The summed E-state index contributed by atoms with van der Waals surface area (Å²) in [4.78, 5) is 13.4. The molecule has 0 bridgehead atoms. The Balaban J connectivity index is 0.00000274. The summed E-state index contributed by atoms with van der Waals surface area (Å²) in [5, 5.41) is 8.04. The van der Waals surface area contributed by atoms with E-state index < -0.39 is 5.60 Å². The van der Waals surface area contributed by atoms with Gasteiger partial charge in [-0.25, -0.2) is 9.69 Å². The van der Waals surface area contributed by atoms with Crippen LogP contribution in [0.1, 0.15) is 29.9 Å². The molecule has 1 aromatic heterocycles. The quantitative estimate of drug-likeness (QED) is 0.470. The largest absolute Gasteiger partial charge is 0.482 e. The molecule has 0 atom stereocenters. The van der Waals surface area contributed by atoms with E-state index in [1.807, 2.05) is 24.9 Å². The van der Waals surface area contributed by atoms with Crippen LogP contribution in [-0.4, -0.2) is 47.0 Å². The van der Waals surface area contributed by atoms with Crippen LogP contribution in [0.5, 0.6) is 5.75 Å². The zero-order chi connectivity index (χ0) is 23.3. The van der Waals surface area contributed by atoms with Crippen molar-refractivity contribution in [2.75, 3.05) is 26.3 Å². The van der Waals surface area contributed by atoms with Crippen molar-refractivity contribution in [2.45, 2.75) is 19.4 Å². The monoisotopic (exact) mass is 542 g/mol. The normalized spacial score (nSPS) is 16.6. The first-order chi connectivity index (χ1) is 15.7. The molecule has 2 aromatic carbocycles. The lowest BCUT2D eigenvalue weighted by molar-refractivity contribution is 0.0122. The topological polar surface area (TPSA) is 68.6 Å². The first-order valence-electron chi connectivity index (χ1n) is 10.5. The van der Waals surface area contributed by atoms with Crippen molar-refractivity contribution in [2.24, 2.45) is 0 Å². The third-order valence-corrected chi connectivity index (χ3v) is 6.45. The van der Waals surface area contributed by atoms with Gasteiger partial charge in [0, 0.05) is 28.7 Å². The Bertz CT molecular complexity index is 1260. The first kappa shape index (κ1) is 25.1. The van der Waals surface area contributed by atoms with E-state index in [9.17, 15) is 4.79 Å². The van der Waals surface area contributed by atoms with E-state index >= 15 is 0 Å². The summed E-state index contributed by atoms with van der Waals surface area (Å²) in [6.07, 6.45) is 0.